The van der Waals surface area contributed by atoms with Crippen LogP contribution in [0, 0.1) is 16.7 Å². The zero-order chi connectivity index (χ0) is 36.6. The van der Waals surface area contributed by atoms with Gasteiger partial charge in [0.2, 0.25) is 0 Å². The molecule has 0 aliphatic heterocycles. The van der Waals surface area contributed by atoms with E-state index in [4.69, 9.17) is 18.9 Å². The van der Waals surface area contributed by atoms with Gasteiger partial charge in [-0.3, -0.25) is 9.59 Å². The number of benzene rings is 2. The minimum Gasteiger partial charge on any atom is -0.462 e. The second kappa shape index (κ2) is 14.0. The maximum Gasteiger partial charge on any atom is 0.338 e. The first kappa shape index (κ1) is 36.7. The van der Waals surface area contributed by atoms with Crippen LogP contribution in [0.2, 0.25) is 0 Å². The maximum absolute atomic E-state index is 13.8. The Balaban J connectivity index is 1.68. The van der Waals surface area contributed by atoms with Crippen LogP contribution in [0.3, 0.4) is 0 Å². The zero-order valence-corrected chi connectivity index (χ0v) is 29.4. The van der Waals surface area contributed by atoms with Crippen molar-refractivity contribution in [3.8, 4) is 0 Å². The van der Waals surface area contributed by atoms with E-state index in [1.165, 1.54) is 19.9 Å². The van der Waals surface area contributed by atoms with Gasteiger partial charge in [0.1, 0.15) is 12.2 Å². The van der Waals surface area contributed by atoms with Gasteiger partial charge in [0.15, 0.2) is 12.2 Å². The highest BCUT2D eigenvalue weighted by molar-refractivity contribution is 5.90. The second-order valence-electron chi connectivity index (χ2n) is 14.4. The molecule has 0 saturated heterocycles. The Morgan fingerprint density at radius 3 is 2.08 bits per heavy atom. The first-order chi connectivity index (χ1) is 23.5. The number of hydrogen-bond acceptors (Lipinski definition) is 10. The lowest BCUT2D eigenvalue weighted by molar-refractivity contribution is -0.197. The molecule has 2 aromatic rings. The van der Waals surface area contributed by atoms with Crippen molar-refractivity contribution in [1.29, 1.82) is 0 Å². The molecular weight excluding hydrogens is 640 g/mol. The van der Waals surface area contributed by atoms with Gasteiger partial charge >= 0.3 is 23.9 Å². The fraction of sp³-hybridized carbons (Fsp3) is 0.450. The van der Waals surface area contributed by atoms with Gasteiger partial charge in [-0.1, -0.05) is 62.0 Å². The number of hydrogen-bond donors (Lipinski definition) is 2. The summed E-state index contributed by atoms with van der Waals surface area (Å²) in [6, 6.07) is 17.5. The second-order valence-corrected chi connectivity index (χ2v) is 14.4. The van der Waals surface area contributed by atoms with E-state index in [1.807, 2.05) is 30.3 Å². The van der Waals surface area contributed by atoms with Gasteiger partial charge in [0.05, 0.1) is 22.7 Å². The van der Waals surface area contributed by atoms with Crippen LogP contribution in [0.25, 0.3) is 6.08 Å². The molecule has 266 valence electrons. The molecule has 10 heteroatoms. The number of aliphatic hydroxyl groups is 2. The molecule has 5 rings (SSSR count). The first-order valence-electron chi connectivity index (χ1n) is 16.8. The zero-order valence-electron chi connectivity index (χ0n) is 29.4. The smallest absolute Gasteiger partial charge is 0.338 e. The van der Waals surface area contributed by atoms with Gasteiger partial charge in [0, 0.05) is 31.8 Å². The molecule has 0 bridgehead atoms. The Kier molecular flexibility index (Phi) is 10.3. The molecule has 2 aromatic carbocycles. The molecule has 8 atom stereocenters. The summed E-state index contributed by atoms with van der Waals surface area (Å²) in [5.41, 5.74) is -1.70. The molecule has 10 nitrogen and oxygen atoms in total. The molecule has 0 radical (unpaired) electrons. The average Bonchev–Trinajstić information content (AvgIpc) is 3.27. The van der Waals surface area contributed by atoms with Crippen molar-refractivity contribution in [1.82, 2.24) is 0 Å². The van der Waals surface area contributed by atoms with E-state index in [2.05, 4.69) is 6.58 Å². The lowest BCUT2D eigenvalue weighted by Crippen LogP contribution is -2.60. The molecule has 3 aliphatic rings. The summed E-state index contributed by atoms with van der Waals surface area (Å²) in [5.74, 6) is -3.41. The molecule has 2 saturated carbocycles. The Hall–Kier alpha value is -4.54. The van der Waals surface area contributed by atoms with E-state index in [0.29, 0.717) is 16.7 Å². The third-order valence-corrected chi connectivity index (χ3v) is 10.9. The lowest BCUT2D eigenvalue weighted by Gasteiger charge is -2.53. The van der Waals surface area contributed by atoms with Crippen LogP contribution >= 0.6 is 0 Å². The van der Waals surface area contributed by atoms with E-state index in [9.17, 15) is 29.4 Å². The van der Waals surface area contributed by atoms with Crippen LogP contribution in [-0.4, -0.2) is 70.2 Å². The molecule has 50 heavy (non-hydrogen) atoms. The molecule has 3 aliphatic carbocycles. The molecule has 2 fully saturated rings. The molecular formula is C40H46O10. The fourth-order valence-corrected chi connectivity index (χ4v) is 8.33. The van der Waals surface area contributed by atoms with Crippen LogP contribution in [0.1, 0.15) is 76.7 Å². The van der Waals surface area contributed by atoms with E-state index in [1.54, 1.807) is 64.1 Å². The van der Waals surface area contributed by atoms with E-state index < -0.39 is 76.7 Å². The van der Waals surface area contributed by atoms with Gasteiger partial charge in [-0.15, -0.1) is 0 Å². The highest BCUT2D eigenvalue weighted by atomic mass is 16.6. The minimum absolute atomic E-state index is 0.0242. The molecule has 0 aromatic heterocycles. The van der Waals surface area contributed by atoms with Crippen molar-refractivity contribution in [2.45, 2.75) is 96.9 Å². The predicted octanol–water partition coefficient (Wildman–Crippen LogP) is 5.53. The number of rotatable bonds is 8. The molecule has 5 unspecified atom stereocenters. The lowest BCUT2D eigenvalue weighted by atomic mass is 9.56. The standard InChI is InChI=1S/C40H46O10/c1-23-29-21-40(38(5,6)46)22-30(43)24(2)34(40)35(50-37(45)28-16-12-9-13-17-28)36(48-26(4)42)39(29,7)32(47-25(3)41)20-31(23)49-33(44)19-18-27-14-10-8-11-15-27/h8-19,29-32,35-36,43,46H,1,20-22H2,2-7H3/b19-18+/t29-,30?,31?,32?,35?,36?,39+,40-/m1/s1. The maximum atomic E-state index is 13.8. The number of carbonyl (C=O) groups is 4. The number of fused-ring (bicyclic) bond motifs is 2. The third-order valence-electron chi connectivity index (χ3n) is 10.9. The summed E-state index contributed by atoms with van der Waals surface area (Å²) in [7, 11) is 0. The molecule has 0 heterocycles. The number of aliphatic hydroxyl groups excluding tert-OH is 1. The predicted molar refractivity (Wildman–Crippen MR) is 184 cm³/mol. The van der Waals surface area contributed by atoms with Crippen LogP contribution in [0.15, 0.2) is 90.0 Å². The number of ether oxygens (including phenoxy) is 4. The van der Waals surface area contributed by atoms with Crippen LogP contribution in [-0.2, 0) is 33.3 Å². The summed E-state index contributed by atoms with van der Waals surface area (Å²) < 4.78 is 24.4. The molecule has 0 amide bonds. The summed E-state index contributed by atoms with van der Waals surface area (Å²) in [6.45, 7) is 13.6. The fourth-order valence-electron chi connectivity index (χ4n) is 8.33. The van der Waals surface area contributed by atoms with Gasteiger partial charge in [0.25, 0.3) is 0 Å². The van der Waals surface area contributed by atoms with Crippen molar-refractivity contribution >= 4 is 30.0 Å². The monoisotopic (exact) mass is 686 g/mol. The summed E-state index contributed by atoms with van der Waals surface area (Å²) in [6.07, 6.45) is -2.51. The van der Waals surface area contributed by atoms with Crippen molar-refractivity contribution in [2.75, 3.05) is 0 Å². The van der Waals surface area contributed by atoms with Crippen LogP contribution < -0.4 is 0 Å². The summed E-state index contributed by atoms with van der Waals surface area (Å²) in [5, 5.41) is 23.5. The Bertz CT molecular complexity index is 1700. The van der Waals surface area contributed by atoms with Crippen LogP contribution in [0.4, 0.5) is 0 Å². The highest BCUT2D eigenvalue weighted by Gasteiger charge is 2.69. The topological polar surface area (TPSA) is 146 Å². The largest absolute Gasteiger partial charge is 0.462 e. The molecule has 0 spiro atoms. The van der Waals surface area contributed by atoms with Gasteiger partial charge in [-0.05, 0) is 80.0 Å². The quantitative estimate of drug-likeness (QED) is 0.157. The highest BCUT2D eigenvalue weighted by Crippen LogP contribution is 2.65. The Labute approximate surface area is 292 Å². The van der Waals surface area contributed by atoms with Crippen molar-refractivity contribution in [3.05, 3.63) is 101 Å². The average molecular weight is 687 g/mol. The summed E-state index contributed by atoms with van der Waals surface area (Å²) >= 11 is 0. The van der Waals surface area contributed by atoms with Crippen molar-refractivity contribution in [3.63, 3.8) is 0 Å². The van der Waals surface area contributed by atoms with Crippen LogP contribution in [0.5, 0.6) is 0 Å². The van der Waals surface area contributed by atoms with E-state index >= 15 is 0 Å². The third kappa shape index (κ3) is 6.79. The van der Waals surface area contributed by atoms with E-state index in [0.717, 1.165) is 5.56 Å². The van der Waals surface area contributed by atoms with E-state index in [-0.39, 0.29) is 24.8 Å². The normalized spacial score (nSPS) is 30.9. The SMILES string of the molecule is C=C1C(OC(=O)/C=C/c2ccccc2)CC(OC(C)=O)[C@@]2(C)C(OC(C)=O)C(OC(=O)c3ccccc3)C3=C(C)C(O)C[C@]3(C(C)(C)O)C[C@H]12. The number of carbonyl (C=O) groups excluding carboxylic acids is 4. The van der Waals surface area contributed by atoms with Crippen molar-refractivity contribution in [2.24, 2.45) is 16.7 Å². The van der Waals surface area contributed by atoms with Gasteiger partial charge < -0.3 is 29.2 Å². The van der Waals surface area contributed by atoms with Gasteiger partial charge in [-0.2, -0.15) is 0 Å². The Morgan fingerprint density at radius 2 is 1.50 bits per heavy atom. The Morgan fingerprint density at radius 1 is 0.900 bits per heavy atom. The number of esters is 4. The summed E-state index contributed by atoms with van der Waals surface area (Å²) in [4.78, 5) is 52.8. The minimum atomic E-state index is -1.52. The van der Waals surface area contributed by atoms with Crippen molar-refractivity contribution < 1.29 is 48.3 Å². The van der Waals surface area contributed by atoms with Gasteiger partial charge in [-0.25, -0.2) is 9.59 Å². The molecule has 2 N–H and O–H groups in total. The first-order valence-corrected chi connectivity index (χ1v) is 16.8.